The second-order valence-corrected chi connectivity index (χ2v) is 6.05. The lowest BCUT2D eigenvalue weighted by atomic mass is 10.2. The van der Waals surface area contributed by atoms with E-state index in [1.807, 2.05) is 4.90 Å². The number of amides is 1. The lowest BCUT2D eigenvalue weighted by molar-refractivity contribution is -0.157. The second-order valence-electron chi connectivity index (χ2n) is 4.94. The molecule has 22 heavy (non-hydrogen) atoms. The van der Waals surface area contributed by atoms with Gasteiger partial charge in [0, 0.05) is 18.8 Å². The van der Waals surface area contributed by atoms with Crippen LogP contribution in [-0.4, -0.2) is 91.9 Å². The molecule has 2 aliphatic heterocycles. The van der Waals surface area contributed by atoms with Crippen molar-refractivity contribution in [2.75, 3.05) is 52.8 Å². The number of hydrogen-bond donors (Lipinski definition) is 0. The number of thioether (sulfide) groups is 1. The third kappa shape index (κ3) is 3.71. The summed E-state index contributed by atoms with van der Waals surface area (Å²) in [5, 5.41) is -0.803. The maximum absolute atomic E-state index is 12.6. The van der Waals surface area contributed by atoms with Crippen LogP contribution in [0.3, 0.4) is 0 Å². The van der Waals surface area contributed by atoms with Gasteiger partial charge in [0.2, 0.25) is 5.91 Å². The van der Waals surface area contributed by atoms with Crippen LogP contribution in [-0.2, 0) is 28.6 Å². The maximum atomic E-state index is 12.6. The van der Waals surface area contributed by atoms with Gasteiger partial charge in [-0.15, -0.1) is 11.8 Å². The van der Waals surface area contributed by atoms with Gasteiger partial charge in [-0.05, 0) is 0 Å². The molecule has 1 amide bonds. The molecule has 0 aromatic heterocycles. The number of nitrogens with zero attached hydrogens (tertiary/aromatic N) is 2. The zero-order valence-corrected chi connectivity index (χ0v) is 13.5. The highest BCUT2D eigenvalue weighted by atomic mass is 32.2. The van der Waals surface area contributed by atoms with Gasteiger partial charge in [-0.2, -0.15) is 0 Å². The molecule has 2 aliphatic rings. The van der Waals surface area contributed by atoms with Crippen molar-refractivity contribution in [1.82, 2.24) is 9.80 Å². The highest BCUT2D eigenvalue weighted by molar-refractivity contribution is 8.00. The Bertz CT molecular complexity index is 416. The summed E-state index contributed by atoms with van der Waals surface area (Å²) in [6.07, 6.45) is 0. The van der Waals surface area contributed by atoms with Crippen molar-refractivity contribution < 1.29 is 28.6 Å². The summed E-state index contributed by atoms with van der Waals surface area (Å²) in [7, 11) is 2.53. The molecular formula is C13H20N2O6S. The summed E-state index contributed by atoms with van der Waals surface area (Å²) in [5.41, 5.74) is 0. The maximum Gasteiger partial charge on any atom is 0.339 e. The fourth-order valence-electron chi connectivity index (χ4n) is 2.44. The average molecular weight is 332 g/mol. The van der Waals surface area contributed by atoms with E-state index in [-0.39, 0.29) is 12.5 Å². The second kappa shape index (κ2) is 7.80. The van der Waals surface area contributed by atoms with Gasteiger partial charge in [0.1, 0.15) is 6.04 Å². The lowest BCUT2D eigenvalue weighted by Crippen LogP contribution is -2.53. The van der Waals surface area contributed by atoms with Crippen molar-refractivity contribution in [3.05, 3.63) is 0 Å². The first-order valence-electron chi connectivity index (χ1n) is 6.97. The molecule has 8 nitrogen and oxygen atoms in total. The minimum absolute atomic E-state index is 0.144. The van der Waals surface area contributed by atoms with E-state index in [0.29, 0.717) is 32.1 Å². The first-order chi connectivity index (χ1) is 10.6. The van der Waals surface area contributed by atoms with Gasteiger partial charge in [-0.3, -0.25) is 9.69 Å². The van der Waals surface area contributed by atoms with E-state index < -0.39 is 23.4 Å². The van der Waals surface area contributed by atoms with Crippen LogP contribution in [0.2, 0.25) is 0 Å². The molecule has 2 heterocycles. The highest BCUT2D eigenvalue weighted by Gasteiger charge is 2.46. The molecule has 2 atom stereocenters. The Morgan fingerprint density at radius 1 is 1.14 bits per heavy atom. The minimum Gasteiger partial charge on any atom is -0.467 e. The van der Waals surface area contributed by atoms with E-state index in [1.165, 1.54) is 30.9 Å². The third-order valence-corrected chi connectivity index (χ3v) is 4.87. The smallest absolute Gasteiger partial charge is 0.339 e. The van der Waals surface area contributed by atoms with Crippen LogP contribution < -0.4 is 0 Å². The number of methoxy groups -OCH3 is 2. The molecule has 0 aliphatic carbocycles. The van der Waals surface area contributed by atoms with Crippen molar-refractivity contribution in [2.45, 2.75) is 11.4 Å². The molecule has 2 rings (SSSR count). The Balaban J connectivity index is 2.10. The normalized spacial score (nSPS) is 25.8. The van der Waals surface area contributed by atoms with Crippen LogP contribution in [0.15, 0.2) is 0 Å². The first kappa shape index (κ1) is 17.0. The van der Waals surface area contributed by atoms with Gasteiger partial charge in [0.25, 0.3) is 0 Å². The van der Waals surface area contributed by atoms with Gasteiger partial charge in [0.15, 0.2) is 5.37 Å². The average Bonchev–Trinajstić information content (AvgIpc) is 2.99. The Kier molecular flexibility index (Phi) is 6.04. The molecule has 0 radical (unpaired) electrons. The Morgan fingerprint density at radius 3 is 2.36 bits per heavy atom. The molecule has 2 fully saturated rings. The van der Waals surface area contributed by atoms with Crippen molar-refractivity contribution in [3.63, 3.8) is 0 Å². The van der Waals surface area contributed by atoms with Crippen LogP contribution in [0.1, 0.15) is 0 Å². The number of carbonyl (C=O) groups excluding carboxylic acids is 3. The fraction of sp³-hybridized carbons (Fsp3) is 0.769. The fourth-order valence-corrected chi connectivity index (χ4v) is 3.76. The van der Waals surface area contributed by atoms with Gasteiger partial charge in [0.05, 0.1) is 34.0 Å². The zero-order valence-electron chi connectivity index (χ0n) is 12.6. The SMILES string of the molecule is COC(=O)[C@H]1SC[C@@H](C(=O)OC)N1C(=O)CN1CCOCC1. The molecule has 0 spiro atoms. The van der Waals surface area contributed by atoms with Gasteiger partial charge < -0.3 is 19.1 Å². The summed E-state index contributed by atoms with van der Waals surface area (Å²) in [6, 6.07) is -0.757. The quantitative estimate of drug-likeness (QED) is 0.602. The van der Waals surface area contributed by atoms with E-state index >= 15 is 0 Å². The third-order valence-electron chi connectivity index (χ3n) is 3.63. The van der Waals surface area contributed by atoms with Crippen LogP contribution in [0, 0.1) is 0 Å². The Hall–Kier alpha value is -1.32. The number of esters is 2. The molecule has 0 unspecified atom stereocenters. The summed E-state index contributed by atoms with van der Waals surface area (Å²) < 4.78 is 14.7. The van der Waals surface area contributed by atoms with Gasteiger partial charge >= 0.3 is 11.9 Å². The predicted octanol–water partition coefficient (Wildman–Crippen LogP) is -1.07. The topological polar surface area (TPSA) is 85.4 Å². The molecule has 0 N–H and O–H groups in total. The number of rotatable bonds is 4. The predicted molar refractivity (Wildman–Crippen MR) is 78.2 cm³/mol. The highest BCUT2D eigenvalue weighted by Crippen LogP contribution is 2.30. The van der Waals surface area contributed by atoms with Gasteiger partial charge in [-0.1, -0.05) is 0 Å². The molecule has 0 saturated carbocycles. The van der Waals surface area contributed by atoms with Crippen molar-refractivity contribution in [3.8, 4) is 0 Å². The summed E-state index contributed by atoms with van der Waals surface area (Å²) in [4.78, 5) is 39.5. The van der Waals surface area contributed by atoms with Crippen molar-refractivity contribution in [2.24, 2.45) is 0 Å². The van der Waals surface area contributed by atoms with Crippen LogP contribution in [0.25, 0.3) is 0 Å². The minimum atomic E-state index is -0.803. The Morgan fingerprint density at radius 2 is 1.77 bits per heavy atom. The van der Waals surface area contributed by atoms with Crippen molar-refractivity contribution in [1.29, 1.82) is 0 Å². The van der Waals surface area contributed by atoms with E-state index in [9.17, 15) is 14.4 Å². The lowest BCUT2D eigenvalue weighted by Gasteiger charge is -2.31. The molecule has 0 aromatic carbocycles. The van der Waals surface area contributed by atoms with Crippen LogP contribution in [0.5, 0.6) is 0 Å². The number of hydrogen-bond acceptors (Lipinski definition) is 8. The van der Waals surface area contributed by atoms with Crippen LogP contribution >= 0.6 is 11.8 Å². The molecule has 2 saturated heterocycles. The summed E-state index contributed by atoms with van der Waals surface area (Å²) in [6.45, 7) is 2.59. The molecule has 0 bridgehead atoms. The summed E-state index contributed by atoms with van der Waals surface area (Å²) in [5.74, 6) is -1.01. The largest absolute Gasteiger partial charge is 0.467 e. The molecule has 124 valence electrons. The van der Waals surface area contributed by atoms with E-state index in [4.69, 9.17) is 14.2 Å². The van der Waals surface area contributed by atoms with E-state index in [1.54, 1.807) is 0 Å². The first-order valence-corrected chi connectivity index (χ1v) is 8.02. The number of morpholine rings is 1. The summed E-state index contributed by atoms with van der Waals surface area (Å²) >= 11 is 1.21. The zero-order chi connectivity index (χ0) is 16.1. The van der Waals surface area contributed by atoms with Gasteiger partial charge in [-0.25, -0.2) is 9.59 Å². The van der Waals surface area contributed by atoms with E-state index in [2.05, 4.69) is 0 Å². The number of carbonyl (C=O) groups is 3. The molecule has 9 heteroatoms. The Labute approximate surface area is 133 Å². The molecular weight excluding hydrogens is 312 g/mol. The monoisotopic (exact) mass is 332 g/mol. The molecule has 0 aromatic rings. The standard InChI is InChI=1S/C13H20N2O6S/c1-19-12(17)9-8-22-11(13(18)20-2)15(9)10(16)7-14-3-5-21-6-4-14/h9,11H,3-8H2,1-2H3/t9-,11+/m0/s1. The van der Waals surface area contributed by atoms with E-state index in [0.717, 1.165) is 0 Å². The number of ether oxygens (including phenoxy) is 3. The van der Waals surface area contributed by atoms with Crippen LogP contribution in [0.4, 0.5) is 0 Å². The van der Waals surface area contributed by atoms with Crippen molar-refractivity contribution >= 4 is 29.6 Å².